The molecule has 2 bridgehead atoms. The molecule has 4 nitrogen and oxygen atoms in total. The van der Waals surface area contributed by atoms with Crippen molar-refractivity contribution in [2.24, 2.45) is 0 Å². The number of hydrogen-bond acceptors (Lipinski definition) is 3. The van der Waals surface area contributed by atoms with Gasteiger partial charge in [-0.1, -0.05) is 44.2 Å². The van der Waals surface area contributed by atoms with Crippen molar-refractivity contribution >= 4 is 5.65 Å². The molecular formula is C23H28N4. The van der Waals surface area contributed by atoms with Crippen LogP contribution in [0.25, 0.3) is 16.9 Å². The fraction of sp³-hybridized carbons (Fsp3) is 0.435. The predicted octanol–water partition coefficient (Wildman–Crippen LogP) is 4.06. The third kappa shape index (κ3) is 3.07. The van der Waals surface area contributed by atoms with Gasteiger partial charge < -0.3 is 9.72 Å². The molecule has 0 radical (unpaired) electrons. The highest BCUT2D eigenvalue weighted by molar-refractivity contribution is 5.67. The summed E-state index contributed by atoms with van der Waals surface area (Å²) in [6, 6.07) is 16.6. The number of imidazole rings is 1. The highest BCUT2D eigenvalue weighted by atomic mass is 15.3. The van der Waals surface area contributed by atoms with Gasteiger partial charge in [0.25, 0.3) is 0 Å². The molecule has 2 aromatic heterocycles. The fourth-order valence-electron chi connectivity index (χ4n) is 4.64. The quantitative estimate of drug-likeness (QED) is 0.761. The number of hydrogen-bond donors (Lipinski definition) is 1. The van der Waals surface area contributed by atoms with Crippen molar-refractivity contribution in [2.75, 3.05) is 13.1 Å². The average molecular weight is 361 g/mol. The van der Waals surface area contributed by atoms with Crippen molar-refractivity contribution in [3.8, 4) is 11.3 Å². The van der Waals surface area contributed by atoms with Gasteiger partial charge in [0.2, 0.25) is 0 Å². The second-order valence-corrected chi connectivity index (χ2v) is 8.38. The van der Waals surface area contributed by atoms with E-state index in [2.05, 4.69) is 77.1 Å². The number of benzene rings is 1. The molecule has 3 aromatic rings. The first kappa shape index (κ1) is 17.0. The highest BCUT2D eigenvalue weighted by Crippen LogP contribution is 2.30. The van der Waals surface area contributed by atoms with Crippen LogP contribution in [0.3, 0.4) is 0 Å². The Hall–Kier alpha value is -2.17. The third-order valence-electron chi connectivity index (χ3n) is 6.29. The van der Waals surface area contributed by atoms with Gasteiger partial charge in [0.1, 0.15) is 5.65 Å². The molecule has 1 aromatic carbocycles. The molecule has 0 saturated carbocycles. The molecular weight excluding hydrogens is 332 g/mol. The summed E-state index contributed by atoms with van der Waals surface area (Å²) in [7, 11) is 0. The zero-order chi connectivity index (χ0) is 18.4. The largest absolute Gasteiger partial charge is 0.311 e. The standard InChI is InChI=1S/C23H28N4/c1-16(2)17-6-8-18(9-7-17)23-21(27-12-4-3-5-22(27)25-23)15-26-14-19-10-11-20(26)13-24-19/h3-9,12,16,19-20,24H,10-11,13-15H2,1-2H3. The Kier molecular flexibility index (Phi) is 4.25. The lowest BCUT2D eigenvalue weighted by Crippen LogP contribution is -2.60. The Morgan fingerprint density at radius 2 is 1.96 bits per heavy atom. The maximum atomic E-state index is 5.01. The van der Waals surface area contributed by atoms with E-state index in [0.29, 0.717) is 18.0 Å². The van der Waals surface area contributed by atoms with Crippen LogP contribution in [0.1, 0.15) is 43.9 Å². The topological polar surface area (TPSA) is 32.6 Å². The smallest absolute Gasteiger partial charge is 0.137 e. The first-order valence-corrected chi connectivity index (χ1v) is 10.2. The Morgan fingerprint density at radius 1 is 1.11 bits per heavy atom. The van der Waals surface area contributed by atoms with Gasteiger partial charge in [-0.25, -0.2) is 4.98 Å². The number of nitrogens with one attached hydrogen (secondary N) is 1. The minimum atomic E-state index is 0.552. The van der Waals surface area contributed by atoms with E-state index >= 15 is 0 Å². The number of piperazine rings is 1. The maximum absolute atomic E-state index is 5.01. The van der Waals surface area contributed by atoms with Crippen LogP contribution in [0.5, 0.6) is 0 Å². The number of rotatable bonds is 4. The summed E-state index contributed by atoms with van der Waals surface area (Å²) in [5.74, 6) is 0.552. The molecule has 5 heterocycles. The van der Waals surface area contributed by atoms with Crippen LogP contribution in [0, 0.1) is 0 Å². The zero-order valence-electron chi connectivity index (χ0n) is 16.2. The zero-order valence-corrected chi connectivity index (χ0v) is 16.2. The summed E-state index contributed by atoms with van der Waals surface area (Å²) in [6.07, 6.45) is 4.79. The summed E-state index contributed by atoms with van der Waals surface area (Å²) in [6.45, 7) is 7.72. The lowest BCUT2D eigenvalue weighted by atomic mass is 9.92. The lowest BCUT2D eigenvalue weighted by molar-refractivity contribution is 0.0674. The summed E-state index contributed by atoms with van der Waals surface area (Å²) >= 11 is 0. The van der Waals surface area contributed by atoms with Crippen molar-refractivity contribution in [3.63, 3.8) is 0 Å². The van der Waals surface area contributed by atoms with Crippen molar-refractivity contribution in [1.29, 1.82) is 0 Å². The van der Waals surface area contributed by atoms with Crippen molar-refractivity contribution in [2.45, 2.75) is 51.2 Å². The molecule has 27 heavy (non-hydrogen) atoms. The highest BCUT2D eigenvalue weighted by Gasteiger charge is 2.34. The van der Waals surface area contributed by atoms with E-state index in [9.17, 15) is 0 Å². The number of pyridine rings is 1. The van der Waals surface area contributed by atoms with Crippen LogP contribution >= 0.6 is 0 Å². The Bertz CT molecular complexity index is 933. The van der Waals surface area contributed by atoms with E-state index in [0.717, 1.165) is 31.0 Å². The van der Waals surface area contributed by atoms with E-state index in [1.54, 1.807) is 0 Å². The van der Waals surface area contributed by atoms with Crippen LogP contribution in [0.4, 0.5) is 0 Å². The summed E-state index contributed by atoms with van der Waals surface area (Å²) in [5.41, 5.74) is 6.08. The van der Waals surface area contributed by atoms with Gasteiger partial charge in [-0.05, 0) is 36.5 Å². The van der Waals surface area contributed by atoms with Crippen molar-refractivity contribution < 1.29 is 0 Å². The Morgan fingerprint density at radius 3 is 2.63 bits per heavy atom. The van der Waals surface area contributed by atoms with E-state index in [-0.39, 0.29) is 0 Å². The molecule has 3 saturated heterocycles. The molecule has 1 N–H and O–H groups in total. The molecule has 3 aliphatic rings. The average Bonchev–Trinajstić information content (AvgIpc) is 3.07. The van der Waals surface area contributed by atoms with E-state index < -0.39 is 0 Å². The number of piperidine rings is 2. The van der Waals surface area contributed by atoms with Gasteiger partial charge in [0, 0.05) is 43.5 Å². The van der Waals surface area contributed by atoms with Crippen LogP contribution in [0.2, 0.25) is 0 Å². The van der Waals surface area contributed by atoms with Crippen LogP contribution < -0.4 is 5.32 Å². The van der Waals surface area contributed by atoms with Gasteiger partial charge in [-0.3, -0.25) is 4.90 Å². The first-order chi connectivity index (χ1) is 13.2. The molecule has 3 fully saturated rings. The van der Waals surface area contributed by atoms with Crippen molar-refractivity contribution in [3.05, 3.63) is 59.9 Å². The van der Waals surface area contributed by atoms with Crippen LogP contribution in [-0.4, -0.2) is 39.5 Å². The number of nitrogens with zero attached hydrogens (tertiary/aromatic N) is 3. The van der Waals surface area contributed by atoms with Crippen LogP contribution in [0.15, 0.2) is 48.7 Å². The summed E-state index contributed by atoms with van der Waals surface area (Å²) in [4.78, 5) is 7.67. The van der Waals surface area contributed by atoms with Crippen molar-refractivity contribution in [1.82, 2.24) is 19.6 Å². The lowest BCUT2D eigenvalue weighted by Gasteiger charge is -2.46. The minimum absolute atomic E-state index is 0.552. The fourth-order valence-corrected chi connectivity index (χ4v) is 4.64. The molecule has 4 heteroatoms. The SMILES string of the molecule is CC(C)c1ccc(-c2nc3ccccn3c2CN2CC3CCC2CN3)cc1. The molecule has 6 rings (SSSR count). The molecule has 0 spiro atoms. The number of fused-ring (bicyclic) bond motifs is 4. The van der Waals surface area contributed by atoms with Gasteiger partial charge >= 0.3 is 0 Å². The first-order valence-electron chi connectivity index (χ1n) is 10.2. The summed E-state index contributed by atoms with van der Waals surface area (Å²) in [5, 5.41) is 3.66. The molecule has 0 amide bonds. The third-order valence-corrected chi connectivity index (χ3v) is 6.29. The molecule has 0 aliphatic carbocycles. The molecule has 2 atom stereocenters. The van der Waals surface area contributed by atoms with E-state index in [4.69, 9.17) is 4.98 Å². The Balaban J connectivity index is 1.55. The molecule has 2 unspecified atom stereocenters. The van der Waals surface area contributed by atoms with Gasteiger partial charge in [0.05, 0.1) is 11.4 Å². The minimum Gasteiger partial charge on any atom is -0.311 e. The second-order valence-electron chi connectivity index (χ2n) is 8.38. The predicted molar refractivity (Wildman–Crippen MR) is 110 cm³/mol. The monoisotopic (exact) mass is 360 g/mol. The molecule has 140 valence electrons. The molecule has 3 aliphatic heterocycles. The van der Waals surface area contributed by atoms with Crippen LogP contribution in [-0.2, 0) is 6.54 Å². The second kappa shape index (κ2) is 6.77. The summed E-state index contributed by atoms with van der Waals surface area (Å²) < 4.78 is 2.28. The Labute approximate surface area is 161 Å². The van der Waals surface area contributed by atoms with E-state index in [1.807, 2.05) is 0 Å². The van der Waals surface area contributed by atoms with E-state index in [1.165, 1.54) is 29.7 Å². The van der Waals surface area contributed by atoms with Gasteiger partial charge in [-0.15, -0.1) is 0 Å². The normalized spacial score (nSPS) is 22.8. The maximum Gasteiger partial charge on any atom is 0.137 e. The number of aromatic nitrogens is 2. The van der Waals surface area contributed by atoms with Gasteiger partial charge in [-0.2, -0.15) is 0 Å². The van der Waals surface area contributed by atoms with Gasteiger partial charge in [0.15, 0.2) is 0 Å².